The number of benzene rings is 1. The minimum Gasteiger partial charge on any atom is -0.489 e. The third-order valence-corrected chi connectivity index (χ3v) is 4.85. The number of fused-ring (bicyclic) bond motifs is 1. The molecule has 0 spiro atoms. The third-order valence-electron chi connectivity index (χ3n) is 3.50. The van der Waals surface area contributed by atoms with Crippen molar-refractivity contribution in [2.45, 2.75) is 20.5 Å². The van der Waals surface area contributed by atoms with Crippen LogP contribution in [0.2, 0.25) is 5.15 Å². The van der Waals surface area contributed by atoms with Crippen LogP contribution in [0.3, 0.4) is 0 Å². The average Bonchev–Trinajstić information content (AvgIpc) is 2.98. The summed E-state index contributed by atoms with van der Waals surface area (Å²) in [7, 11) is 0. The van der Waals surface area contributed by atoms with Gasteiger partial charge >= 0.3 is 5.97 Å². The first kappa shape index (κ1) is 16.7. The number of esters is 1. The summed E-state index contributed by atoms with van der Waals surface area (Å²) in [6.07, 6.45) is 1.46. The molecule has 0 saturated carbocycles. The molecule has 0 unspecified atom stereocenters. The highest BCUT2D eigenvalue weighted by Gasteiger charge is 2.18. The van der Waals surface area contributed by atoms with E-state index in [2.05, 4.69) is 4.98 Å². The highest BCUT2D eigenvalue weighted by molar-refractivity contribution is 7.17. The fourth-order valence-electron chi connectivity index (χ4n) is 2.39. The Labute approximate surface area is 149 Å². The second kappa shape index (κ2) is 7.20. The maximum atomic E-state index is 12.1. The van der Waals surface area contributed by atoms with Gasteiger partial charge in [-0.3, -0.25) is 0 Å². The normalized spacial score (nSPS) is 10.8. The second-order valence-electron chi connectivity index (χ2n) is 5.25. The van der Waals surface area contributed by atoms with Gasteiger partial charge in [-0.05, 0) is 36.9 Å². The van der Waals surface area contributed by atoms with E-state index in [9.17, 15) is 4.79 Å². The van der Waals surface area contributed by atoms with E-state index in [1.165, 1.54) is 17.5 Å². The van der Waals surface area contributed by atoms with Gasteiger partial charge < -0.3 is 9.47 Å². The molecular weight excluding hydrogens is 346 g/mol. The lowest BCUT2D eigenvalue weighted by atomic mass is 10.2. The van der Waals surface area contributed by atoms with E-state index in [4.69, 9.17) is 21.1 Å². The Morgan fingerprint density at radius 3 is 2.96 bits per heavy atom. The predicted octanol–water partition coefficient (Wildman–Crippen LogP) is 5.01. The third kappa shape index (κ3) is 3.37. The first-order valence-electron chi connectivity index (χ1n) is 7.51. The van der Waals surface area contributed by atoms with Crippen LogP contribution >= 0.6 is 22.9 Å². The molecule has 0 bridgehead atoms. The molecule has 4 nitrogen and oxygen atoms in total. The molecule has 0 aliphatic carbocycles. The predicted molar refractivity (Wildman–Crippen MR) is 96.1 cm³/mol. The summed E-state index contributed by atoms with van der Waals surface area (Å²) in [5.74, 6) is 0.402. The largest absolute Gasteiger partial charge is 0.489 e. The van der Waals surface area contributed by atoms with E-state index < -0.39 is 0 Å². The SMILES string of the molecule is CCOC(=O)c1cnc(Cl)c2c(COc3cccc(C)c3)csc12. The number of thiophene rings is 1. The van der Waals surface area contributed by atoms with Crippen LogP contribution in [-0.4, -0.2) is 17.6 Å². The molecule has 0 aliphatic rings. The van der Waals surface area contributed by atoms with Gasteiger partial charge in [-0.1, -0.05) is 23.7 Å². The molecule has 0 atom stereocenters. The number of halogens is 1. The van der Waals surface area contributed by atoms with Crippen LogP contribution in [0, 0.1) is 6.92 Å². The molecule has 0 N–H and O–H groups in total. The molecule has 3 aromatic rings. The van der Waals surface area contributed by atoms with E-state index in [0.29, 0.717) is 23.9 Å². The van der Waals surface area contributed by atoms with Gasteiger partial charge in [-0.25, -0.2) is 9.78 Å². The Morgan fingerprint density at radius 2 is 2.21 bits per heavy atom. The maximum Gasteiger partial charge on any atom is 0.341 e. The summed E-state index contributed by atoms with van der Waals surface area (Å²) < 4.78 is 11.7. The molecule has 3 rings (SSSR count). The van der Waals surface area contributed by atoms with E-state index in [-0.39, 0.29) is 5.97 Å². The lowest BCUT2D eigenvalue weighted by Gasteiger charge is -2.07. The number of aromatic nitrogens is 1. The van der Waals surface area contributed by atoms with Crippen molar-refractivity contribution in [3.63, 3.8) is 0 Å². The fourth-order valence-corrected chi connectivity index (χ4v) is 3.76. The van der Waals surface area contributed by atoms with Crippen LogP contribution < -0.4 is 4.74 Å². The van der Waals surface area contributed by atoms with Gasteiger partial charge in [0.2, 0.25) is 0 Å². The number of carbonyl (C=O) groups is 1. The Bertz CT molecular complexity index is 891. The van der Waals surface area contributed by atoms with Crippen LogP contribution in [0.15, 0.2) is 35.8 Å². The molecule has 124 valence electrons. The summed E-state index contributed by atoms with van der Waals surface area (Å²) >= 11 is 7.69. The molecule has 24 heavy (non-hydrogen) atoms. The minimum atomic E-state index is -0.389. The number of hydrogen-bond acceptors (Lipinski definition) is 5. The van der Waals surface area contributed by atoms with Crippen molar-refractivity contribution in [3.05, 3.63) is 57.7 Å². The highest BCUT2D eigenvalue weighted by atomic mass is 35.5. The summed E-state index contributed by atoms with van der Waals surface area (Å²) in [5, 5.41) is 3.05. The highest BCUT2D eigenvalue weighted by Crippen LogP contribution is 2.34. The van der Waals surface area contributed by atoms with E-state index >= 15 is 0 Å². The van der Waals surface area contributed by atoms with Crippen LogP contribution in [0.25, 0.3) is 10.1 Å². The Balaban J connectivity index is 1.92. The molecule has 2 heterocycles. The number of hydrogen-bond donors (Lipinski definition) is 0. The molecular formula is C18H16ClNO3S. The van der Waals surface area contributed by atoms with Crippen molar-refractivity contribution >= 4 is 39.0 Å². The van der Waals surface area contributed by atoms with Gasteiger partial charge in [-0.2, -0.15) is 0 Å². The summed E-state index contributed by atoms with van der Waals surface area (Å²) in [6.45, 7) is 4.46. The number of ether oxygens (including phenoxy) is 2. The van der Waals surface area contributed by atoms with Gasteiger partial charge in [0, 0.05) is 17.1 Å². The number of rotatable bonds is 5. The smallest absolute Gasteiger partial charge is 0.341 e. The number of aryl methyl sites for hydroxylation is 1. The molecule has 0 fully saturated rings. The monoisotopic (exact) mass is 361 g/mol. The summed E-state index contributed by atoms with van der Waals surface area (Å²) in [6, 6.07) is 7.84. The van der Waals surface area contributed by atoms with Gasteiger partial charge in [0.1, 0.15) is 17.5 Å². The lowest BCUT2D eigenvalue weighted by molar-refractivity contribution is 0.0528. The lowest BCUT2D eigenvalue weighted by Crippen LogP contribution is -2.05. The molecule has 6 heteroatoms. The van der Waals surface area contributed by atoms with Crippen molar-refractivity contribution in [2.24, 2.45) is 0 Å². The summed E-state index contributed by atoms with van der Waals surface area (Å²) in [5.41, 5.74) is 2.47. The minimum absolute atomic E-state index is 0.317. The zero-order valence-corrected chi connectivity index (χ0v) is 14.9. The van der Waals surface area contributed by atoms with Crippen molar-refractivity contribution < 1.29 is 14.3 Å². The van der Waals surface area contributed by atoms with Crippen molar-refractivity contribution in [1.29, 1.82) is 0 Å². The average molecular weight is 362 g/mol. The Morgan fingerprint density at radius 1 is 1.38 bits per heavy atom. The molecule has 0 amide bonds. The molecule has 2 aromatic heterocycles. The van der Waals surface area contributed by atoms with Crippen LogP contribution in [0.1, 0.15) is 28.4 Å². The van der Waals surface area contributed by atoms with Crippen LogP contribution in [0.5, 0.6) is 5.75 Å². The Kier molecular flexibility index (Phi) is 5.02. The van der Waals surface area contributed by atoms with Crippen molar-refractivity contribution in [1.82, 2.24) is 4.98 Å². The van der Waals surface area contributed by atoms with Crippen molar-refractivity contribution in [3.8, 4) is 5.75 Å². The summed E-state index contributed by atoms with van der Waals surface area (Å²) in [4.78, 5) is 16.2. The maximum absolute atomic E-state index is 12.1. The second-order valence-corrected chi connectivity index (χ2v) is 6.49. The number of carbonyl (C=O) groups excluding carboxylic acids is 1. The van der Waals surface area contributed by atoms with Gasteiger partial charge in [0.05, 0.1) is 16.9 Å². The first-order valence-corrected chi connectivity index (χ1v) is 8.77. The number of nitrogens with zero attached hydrogens (tertiary/aromatic N) is 1. The van der Waals surface area contributed by atoms with Gasteiger partial charge in [-0.15, -0.1) is 11.3 Å². The first-order chi connectivity index (χ1) is 11.6. The molecule has 0 saturated heterocycles. The molecule has 0 aliphatic heterocycles. The topological polar surface area (TPSA) is 48.4 Å². The van der Waals surface area contributed by atoms with Gasteiger partial charge in [0.15, 0.2) is 0 Å². The van der Waals surface area contributed by atoms with E-state index in [1.807, 2.05) is 36.6 Å². The van der Waals surface area contributed by atoms with Crippen molar-refractivity contribution in [2.75, 3.05) is 6.61 Å². The number of pyridine rings is 1. The fraction of sp³-hybridized carbons (Fsp3) is 0.222. The van der Waals surface area contributed by atoms with Crippen LogP contribution in [-0.2, 0) is 11.3 Å². The molecule has 0 radical (unpaired) electrons. The molecule has 1 aromatic carbocycles. The van der Waals surface area contributed by atoms with Crippen LogP contribution in [0.4, 0.5) is 0 Å². The standard InChI is InChI=1S/C18H16ClNO3S/c1-3-22-18(21)14-8-20-17(19)15-12(10-24-16(14)15)9-23-13-6-4-5-11(2)7-13/h4-8,10H,3,9H2,1-2H3. The quantitative estimate of drug-likeness (QED) is 0.473. The van der Waals surface area contributed by atoms with Gasteiger partial charge in [0.25, 0.3) is 0 Å². The van der Waals surface area contributed by atoms with E-state index in [0.717, 1.165) is 27.0 Å². The van der Waals surface area contributed by atoms with E-state index in [1.54, 1.807) is 6.92 Å². The Hall–Kier alpha value is -2.11. The zero-order valence-electron chi connectivity index (χ0n) is 13.3. The zero-order chi connectivity index (χ0) is 17.1.